The average Bonchev–Trinajstić information content (AvgIpc) is 2.49. The molecule has 0 bridgehead atoms. The SMILES string of the molecule is COCCCN1C(C)CN(S(=O)(=O)c2ccc(F)cc2C)CC1C. The summed E-state index contributed by atoms with van der Waals surface area (Å²) in [6, 6.07) is 4.08. The molecule has 0 amide bonds. The molecule has 2 atom stereocenters. The van der Waals surface area contributed by atoms with E-state index in [9.17, 15) is 12.8 Å². The topological polar surface area (TPSA) is 49.9 Å². The lowest BCUT2D eigenvalue weighted by Crippen LogP contribution is -2.58. The molecular weight excluding hydrogens is 331 g/mol. The van der Waals surface area contributed by atoms with Gasteiger partial charge in [0.05, 0.1) is 4.90 Å². The van der Waals surface area contributed by atoms with Gasteiger partial charge in [-0.25, -0.2) is 12.8 Å². The van der Waals surface area contributed by atoms with Crippen LogP contribution in [0.15, 0.2) is 23.1 Å². The third-order valence-corrected chi connectivity index (χ3v) is 6.58. The van der Waals surface area contributed by atoms with Crippen LogP contribution in [0, 0.1) is 12.7 Å². The van der Waals surface area contributed by atoms with E-state index in [1.807, 2.05) is 13.8 Å². The van der Waals surface area contributed by atoms with Gasteiger partial charge in [-0.15, -0.1) is 0 Å². The number of halogens is 1. The zero-order valence-corrected chi connectivity index (χ0v) is 15.6. The minimum atomic E-state index is -3.61. The van der Waals surface area contributed by atoms with Gasteiger partial charge in [-0.1, -0.05) is 0 Å². The van der Waals surface area contributed by atoms with Gasteiger partial charge in [-0.05, 0) is 51.0 Å². The molecule has 7 heteroatoms. The summed E-state index contributed by atoms with van der Waals surface area (Å²) >= 11 is 0. The van der Waals surface area contributed by atoms with Crippen LogP contribution in [0.2, 0.25) is 0 Å². The molecule has 1 fully saturated rings. The summed E-state index contributed by atoms with van der Waals surface area (Å²) in [5.41, 5.74) is 0.442. The van der Waals surface area contributed by atoms with Gasteiger partial charge >= 0.3 is 0 Å². The maximum Gasteiger partial charge on any atom is 0.243 e. The van der Waals surface area contributed by atoms with Gasteiger partial charge in [0.25, 0.3) is 0 Å². The van der Waals surface area contributed by atoms with Crippen LogP contribution in [-0.4, -0.2) is 63.1 Å². The van der Waals surface area contributed by atoms with E-state index >= 15 is 0 Å². The van der Waals surface area contributed by atoms with Crippen molar-refractivity contribution in [1.82, 2.24) is 9.21 Å². The van der Waals surface area contributed by atoms with E-state index in [1.54, 1.807) is 14.0 Å². The smallest absolute Gasteiger partial charge is 0.243 e. The molecular formula is C17H27FN2O3S. The molecule has 5 nitrogen and oxygen atoms in total. The summed E-state index contributed by atoms with van der Waals surface area (Å²) in [7, 11) is -1.93. The van der Waals surface area contributed by atoms with Crippen molar-refractivity contribution in [3.8, 4) is 0 Å². The van der Waals surface area contributed by atoms with E-state index in [-0.39, 0.29) is 17.0 Å². The molecule has 1 heterocycles. The Balaban J connectivity index is 2.16. The minimum absolute atomic E-state index is 0.126. The van der Waals surface area contributed by atoms with Crippen LogP contribution < -0.4 is 0 Å². The quantitative estimate of drug-likeness (QED) is 0.732. The molecule has 136 valence electrons. The van der Waals surface area contributed by atoms with Crippen molar-refractivity contribution >= 4 is 10.0 Å². The number of nitrogens with zero attached hydrogens (tertiary/aromatic N) is 2. The Bertz CT molecular complexity index is 654. The molecule has 0 aliphatic carbocycles. The van der Waals surface area contributed by atoms with E-state index in [2.05, 4.69) is 4.90 Å². The number of rotatable bonds is 6. The first-order chi connectivity index (χ1) is 11.3. The lowest BCUT2D eigenvalue weighted by atomic mass is 10.1. The fourth-order valence-corrected chi connectivity index (χ4v) is 5.19. The van der Waals surface area contributed by atoms with E-state index in [0.717, 1.165) is 13.0 Å². The Morgan fingerprint density at radius 3 is 2.42 bits per heavy atom. The molecule has 0 radical (unpaired) electrons. The summed E-state index contributed by atoms with van der Waals surface area (Å²) in [4.78, 5) is 2.51. The van der Waals surface area contributed by atoms with Crippen molar-refractivity contribution in [2.24, 2.45) is 0 Å². The highest BCUT2D eigenvalue weighted by Crippen LogP contribution is 2.25. The normalized spacial score (nSPS) is 23.5. The monoisotopic (exact) mass is 358 g/mol. The summed E-state index contributed by atoms with van der Waals surface area (Å²) in [6.07, 6.45) is 0.926. The van der Waals surface area contributed by atoms with Crippen LogP contribution in [0.4, 0.5) is 4.39 Å². The highest BCUT2D eigenvalue weighted by Gasteiger charge is 2.36. The zero-order chi connectivity index (χ0) is 17.9. The molecule has 2 unspecified atom stereocenters. The van der Waals surface area contributed by atoms with E-state index in [0.29, 0.717) is 25.3 Å². The molecule has 2 rings (SSSR count). The van der Waals surface area contributed by atoms with Crippen molar-refractivity contribution in [1.29, 1.82) is 0 Å². The second kappa shape index (κ2) is 7.91. The molecule has 1 aliphatic heterocycles. The Kier molecular flexibility index (Phi) is 6.36. The number of piperazine rings is 1. The molecule has 1 aromatic rings. The van der Waals surface area contributed by atoms with Crippen molar-refractivity contribution in [3.63, 3.8) is 0 Å². The van der Waals surface area contributed by atoms with Crippen molar-refractivity contribution in [3.05, 3.63) is 29.6 Å². The largest absolute Gasteiger partial charge is 0.385 e. The molecule has 1 aliphatic rings. The van der Waals surface area contributed by atoms with Crippen LogP contribution >= 0.6 is 0 Å². The van der Waals surface area contributed by atoms with Gasteiger partial charge in [0.1, 0.15) is 5.82 Å². The van der Waals surface area contributed by atoms with Gasteiger partial charge in [0.2, 0.25) is 10.0 Å². The van der Waals surface area contributed by atoms with Gasteiger partial charge in [-0.2, -0.15) is 4.31 Å². The third-order valence-electron chi connectivity index (χ3n) is 4.59. The summed E-state index contributed by atoms with van der Waals surface area (Å²) < 4.78 is 45.8. The zero-order valence-electron chi connectivity index (χ0n) is 14.8. The second-order valence-corrected chi connectivity index (χ2v) is 8.42. The Morgan fingerprint density at radius 1 is 1.25 bits per heavy atom. The lowest BCUT2D eigenvalue weighted by Gasteiger charge is -2.43. The fourth-order valence-electron chi connectivity index (χ4n) is 3.38. The number of methoxy groups -OCH3 is 1. The summed E-state index contributed by atoms with van der Waals surface area (Å²) in [6.45, 7) is 8.19. The van der Waals surface area contributed by atoms with Gasteiger partial charge < -0.3 is 4.74 Å². The second-order valence-electron chi connectivity index (χ2n) is 6.51. The Labute approximate surface area is 144 Å². The predicted molar refractivity (Wildman–Crippen MR) is 92.0 cm³/mol. The standard InChI is InChI=1S/C17H27FN2O3S/c1-13-10-16(18)6-7-17(13)24(21,22)19-11-14(2)20(15(3)12-19)8-5-9-23-4/h6-7,10,14-15H,5,8-9,11-12H2,1-4H3. The number of hydrogen-bond donors (Lipinski definition) is 0. The van der Waals surface area contributed by atoms with Crippen molar-refractivity contribution < 1.29 is 17.5 Å². The molecule has 1 saturated heterocycles. The Morgan fingerprint density at radius 2 is 1.88 bits per heavy atom. The number of sulfonamides is 1. The summed E-state index contributed by atoms with van der Waals surface area (Å²) in [5.74, 6) is -0.420. The molecule has 24 heavy (non-hydrogen) atoms. The van der Waals surface area contributed by atoms with E-state index in [4.69, 9.17) is 4.74 Å². The maximum absolute atomic E-state index is 13.3. The molecule has 1 aromatic carbocycles. The van der Waals surface area contributed by atoms with Crippen LogP contribution in [0.3, 0.4) is 0 Å². The number of benzene rings is 1. The average molecular weight is 358 g/mol. The summed E-state index contributed by atoms with van der Waals surface area (Å²) in [5, 5.41) is 0. The van der Waals surface area contributed by atoms with Gasteiger partial charge in [-0.3, -0.25) is 4.90 Å². The van der Waals surface area contributed by atoms with Crippen LogP contribution in [0.1, 0.15) is 25.8 Å². The van der Waals surface area contributed by atoms with Crippen molar-refractivity contribution in [2.75, 3.05) is 33.4 Å². The van der Waals surface area contributed by atoms with Crippen molar-refractivity contribution in [2.45, 2.75) is 44.2 Å². The van der Waals surface area contributed by atoms with E-state index < -0.39 is 15.8 Å². The van der Waals surface area contributed by atoms with Gasteiger partial charge in [0, 0.05) is 45.4 Å². The first-order valence-electron chi connectivity index (χ1n) is 8.28. The number of hydrogen-bond acceptors (Lipinski definition) is 4. The van der Waals surface area contributed by atoms with Crippen LogP contribution in [0.5, 0.6) is 0 Å². The van der Waals surface area contributed by atoms with Crippen LogP contribution in [0.25, 0.3) is 0 Å². The van der Waals surface area contributed by atoms with Gasteiger partial charge in [0.15, 0.2) is 0 Å². The highest BCUT2D eigenvalue weighted by atomic mass is 32.2. The lowest BCUT2D eigenvalue weighted by molar-refractivity contribution is 0.0665. The third kappa shape index (κ3) is 4.14. The van der Waals surface area contributed by atoms with Crippen LogP contribution in [-0.2, 0) is 14.8 Å². The number of ether oxygens (including phenoxy) is 1. The predicted octanol–water partition coefficient (Wildman–Crippen LogP) is 2.25. The molecule has 0 spiro atoms. The highest BCUT2D eigenvalue weighted by molar-refractivity contribution is 7.89. The molecule has 0 aromatic heterocycles. The number of aryl methyl sites for hydroxylation is 1. The first-order valence-corrected chi connectivity index (χ1v) is 9.72. The van der Waals surface area contributed by atoms with E-state index in [1.165, 1.54) is 22.5 Å². The molecule has 0 saturated carbocycles. The maximum atomic E-state index is 13.3. The molecule has 0 N–H and O–H groups in total. The first kappa shape index (κ1) is 19.3. The fraction of sp³-hybridized carbons (Fsp3) is 0.647. The minimum Gasteiger partial charge on any atom is -0.385 e. The Hall–Kier alpha value is -1.02.